The van der Waals surface area contributed by atoms with Crippen LogP contribution in [0.4, 0.5) is 0 Å². The molecule has 0 aromatic carbocycles. The van der Waals surface area contributed by atoms with E-state index in [0.717, 1.165) is 0 Å². The van der Waals surface area contributed by atoms with Gasteiger partial charge in [0.05, 0.1) is 16.9 Å². The first-order valence-corrected chi connectivity index (χ1v) is 4.96. The second-order valence-corrected chi connectivity index (χ2v) is 3.83. The van der Waals surface area contributed by atoms with Crippen LogP contribution in [0.1, 0.15) is 17.6 Å². The Hall–Kier alpha value is -0.970. The maximum absolute atomic E-state index is 9.96. The van der Waals surface area contributed by atoms with E-state index in [0.29, 0.717) is 16.5 Å². The molecule has 2 aromatic heterocycles. The zero-order valence-corrected chi connectivity index (χ0v) is 9.33. The second kappa shape index (κ2) is 3.89. The van der Waals surface area contributed by atoms with Crippen LogP contribution in [-0.4, -0.2) is 14.9 Å². The molecule has 6 heteroatoms. The molecule has 0 amide bonds. The fourth-order valence-electron chi connectivity index (χ4n) is 1.34. The molecule has 15 heavy (non-hydrogen) atoms. The van der Waals surface area contributed by atoms with Crippen LogP contribution < -0.4 is 0 Å². The van der Waals surface area contributed by atoms with Gasteiger partial charge < -0.3 is 9.52 Å². The highest BCUT2D eigenvalue weighted by Gasteiger charge is 2.21. The normalized spacial score (nSPS) is 13.1. The van der Waals surface area contributed by atoms with Crippen molar-refractivity contribution >= 4 is 23.2 Å². The van der Waals surface area contributed by atoms with Crippen molar-refractivity contribution in [1.82, 2.24) is 9.78 Å². The van der Waals surface area contributed by atoms with Gasteiger partial charge in [0, 0.05) is 7.05 Å². The monoisotopic (exact) mass is 246 g/mol. The number of hydrogen-bond acceptors (Lipinski definition) is 3. The molecule has 0 aliphatic carbocycles. The lowest BCUT2D eigenvalue weighted by Crippen LogP contribution is -2.06. The number of furan rings is 1. The van der Waals surface area contributed by atoms with Crippen LogP contribution in [0.3, 0.4) is 0 Å². The van der Waals surface area contributed by atoms with Gasteiger partial charge in [-0.1, -0.05) is 11.6 Å². The highest BCUT2D eigenvalue weighted by molar-refractivity contribution is 6.31. The number of rotatable bonds is 2. The Morgan fingerprint density at radius 3 is 2.67 bits per heavy atom. The Morgan fingerprint density at radius 2 is 2.20 bits per heavy atom. The SMILES string of the molecule is Cn1ncc(Cl)c1C(O)c1ccc(Cl)o1. The van der Waals surface area contributed by atoms with E-state index in [9.17, 15) is 5.11 Å². The second-order valence-electron chi connectivity index (χ2n) is 3.05. The number of halogens is 2. The summed E-state index contributed by atoms with van der Waals surface area (Å²) in [7, 11) is 1.69. The van der Waals surface area contributed by atoms with Gasteiger partial charge in [0.1, 0.15) is 5.76 Å². The summed E-state index contributed by atoms with van der Waals surface area (Å²) in [6.07, 6.45) is 0.502. The third-order valence-corrected chi connectivity index (χ3v) is 2.55. The van der Waals surface area contributed by atoms with E-state index in [1.807, 2.05) is 0 Å². The van der Waals surface area contributed by atoms with Gasteiger partial charge in [-0.15, -0.1) is 0 Å². The summed E-state index contributed by atoms with van der Waals surface area (Å²) >= 11 is 11.5. The van der Waals surface area contributed by atoms with Crippen molar-refractivity contribution < 1.29 is 9.52 Å². The Bertz CT molecular complexity index is 459. The van der Waals surface area contributed by atoms with E-state index >= 15 is 0 Å². The van der Waals surface area contributed by atoms with Crippen LogP contribution >= 0.6 is 23.2 Å². The van der Waals surface area contributed by atoms with Gasteiger partial charge in [-0.05, 0) is 23.7 Å². The molecule has 0 spiro atoms. The lowest BCUT2D eigenvalue weighted by molar-refractivity contribution is 0.180. The molecule has 4 nitrogen and oxygen atoms in total. The van der Waals surface area contributed by atoms with Gasteiger partial charge in [-0.2, -0.15) is 5.10 Å². The fourth-order valence-corrected chi connectivity index (χ4v) is 1.76. The summed E-state index contributed by atoms with van der Waals surface area (Å²) in [5.74, 6) is 0.338. The molecule has 0 aliphatic heterocycles. The van der Waals surface area contributed by atoms with Crippen molar-refractivity contribution in [3.8, 4) is 0 Å². The maximum Gasteiger partial charge on any atom is 0.193 e. The van der Waals surface area contributed by atoms with E-state index in [4.69, 9.17) is 27.6 Å². The predicted octanol–water partition coefficient (Wildman–Crippen LogP) is 2.40. The van der Waals surface area contributed by atoms with E-state index in [1.165, 1.54) is 10.9 Å². The van der Waals surface area contributed by atoms with Crippen molar-refractivity contribution in [2.45, 2.75) is 6.10 Å². The summed E-state index contributed by atoms with van der Waals surface area (Å²) in [5, 5.41) is 14.5. The standard InChI is InChI=1S/C9H8Cl2N2O2/c1-13-8(5(10)4-12-13)9(14)6-2-3-7(11)15-6/h2-4,9,14H,1H3. The van der Waals surface area contributed by atoms with Crippen molar-refractivity contribution in [2.75, 3.05) is 0 Å². The fraction of sp³-hybridized carbons (Fsp3) is 0.222. The minimum absolute atomic E-state index is 0.224. The highest BCUT2D eigenvalue weighted by Crippen LogP contribution is 2.29. The molecule has 0 saturated heterocycles. The molecule has 0 saturated carbocycles. The van der Waals surface area contributed by atoms with E-state index < -0.39 is 6.10 Å². The van der Waals surface area contributed by atoms with E-state index in [2.05, 4.69) is 5.10 Å². The first-order valence-electron chi connectivity index (χ1n) is 4.20. The molecular weight excluding hydrogens is 239 g/mol. The summed E-state index contributed by atoms with van der Waals surface area (Å²) < 4.78 is 6.58. The van der Waals surface area contributed by atoms with Gasteiger partial charge in [-0.3, -0.25) is 4.68 Å². The molecule has 1 atom stereocenters. The molecule has 2 aromatic rings. The molecule has 1 unspecified atom stereocenters. The molecular formula is C9H8Cl2N2O2. The summed E-state index contributed by atoms with van der Waals surface area (Å²) in [6, 6.07) is 3.15. The first-order chi connectivity index (χ1) is 7.09. The zero-order chi connectivity index (χ0) is 11.0. The molecule has 0 bridgehead atoms. The van der Waals surface area contributed by atoms with Gasteiger partial charge >= 0.3 is 0 Å². The van der Waals surface area contributed by atoms with Gasteiger partial charge in [0.15, 0.2) is 11.3 Å². The van der Waals surface area contributed by atoms with Gasteiger partial charge in [-0.25, -0.2) is 0 Å². The minimum atomic E-state index is -0.961. The summed E-state index contributed by atoms with van der Waals surface area (Å²) in [6.45, 7) is 0. The zero-order valence-electron chi connectivity index (χ0n) is 7.82. The Morgan fingerprint density at radius 1 is 1.47 bits per heavy atom. The van der Waals surface area contributed by atoms with Crippen LogP contribution in [0.25, 0.3) is 0 Å². The number of aliphatic hydroxyl groups is 1. The lowest BCUT2D eigenvalue weighted by Gasteiger charge is -2.08. The molecule has 2 heterocycles. The number of aliphatic hydroxyl groups excluding tert-OH is 1. The topological polar surface area (TPSA) is 51.2 Å². The molecule has 0 radical (unpaired) electrons. The van der Waals surface area contributed by atoms with Gasteiger partial charge in [0.2, 0.25) is 0 Å². The number of aryl methyl sites for hydroxylation is 1. The lowest BCUT2D eigenvalue weighted by atomic mass is 10.2. The van der Waals surface area contributed by atoms with Crippen molar-refractivity contribution in [2.24, 2.45) is 7.05 Å². The van der Waals surface area contributed by atoms with Crippen LogP contribution in [0.15, 0.2) is 22.7 Å². The Kier molecular flexibility index (Phi) is 2.73. The Labute approximate surface area is 96.0 Å². The van der Waals surface area contributed by atoms with Crippen molar-refractivity contribution in [3.63, 3.8) is 0 Å². The third kappa shape index (κ3) is 1.88. The van der Waals surface area contributed by atoms with Crippen LogP contribution in [0.2, 0.25) is 10.2 Å². The molecule has 0 aliphatic rings. The average Bonchev–Trinajstić information content (AvgIpc) is 2.73. The predicted molar refractivity (Wildman–Crippen MR) is 56.0 cm³/mol. The van der Waals surface area contributed by atoms with Gasteiger partial charge in [0.25, 0.3) is 0 Å². The van der Waals surface area contributed by atoms with Crippen LogP contribution in [-0.2, 0) is 7.05 Å². The summed E-state index contributed by atoms with van der Waals surface area (Å²) in [5.41, 5.74) is 0.475. The first kappa shape index (κ1) is 10.5. The molecule has 80 valence electrons. The molecule has 2 rings (SSSR count). The average molecular weight is 247 g/mol. The van der Waals surface area contributed by atoms with Crippen molar-refractivity contribution in [3.05, 3.63) is 40.0 Å². The smallest absolute Gasteiger partial charge is 0.193 e. The quantitative estimate of drug-likeness (QED) is 0.886. The van der Waals surface area contributed by atoms with Crippen molar-refractivity contribution in [1.29, 1.82) is 0 Å². The largest absolute Gasteiger partial charge is 0.447 e. The third-order valence-electron chi connectivity index (χ3n) is 2.06. The van der Waals surface area contributed by atoms with Crippen LogP contribution in [0, 0.1) is 0 Å². The number of hydrogen-bond donors (Lipinski definition) is 1. The van der Waals surface area contributed by atoms with E-state index in [-0.39, 0.29) is 5.22 Å². The number of aromatic nitrogens is 2. The highest BCUT2D eigenvalue weighted by atomic mass is 35.5. The van der Waals surface area contributed by atoms with Crippen LogP contribution in [0.5, 0.6) is 0 Å². The minimum Gasteiger partial charge on any atom is -0.447 e. The molecule has 1 N–H and O–H groups in total. The maximum atomic E-state index is 9.96. The number of nitrogens with zero attached hydrogens (tertiary/aromatic N) is 2. The Balaban J connectivity index is 2.40. The molecule has 0 fully saturated rings. The van der Waals surface area contributed by atoms with E-state index in [1.54, 1.807) is 19.2 Å². The summed E-state index contributed by atoms with van der Waals surface area (Å²) in [4.78, 5) is 0.